The number of carbonyl (C=O) groups excluding carboxylic acids is 4. The van der Waals surface area contributed by atoms with E-state index in [9.17, 15) is 36.4 Å². The third-order valence-electron chi connectivity index (χ3n) is 10.0. The van der Waals surface area contributed by atoms with E-state index in [1.54, 1.807) is 20.8 Å². The minimum absolute atomic E-state index is 0.188. The molecule has 40 heavy (non-hydrogen) atoms. The van der Waals surface area contributed by atoms with Gasteiger partial charge >= 0.3 is 27.3 Å². The van der Waals surface area contributed by atoms with E-state index in [2.05, 4.69) is 0 Å². The topological polar surface area (TPSA) is 154 Å². The lowest BCUT2D eigenvalue weighted by atomic mass is 9.49. The molecule has 7 aliphatic rings. The van der Waals surface area contributed by atoms with Crippen molar-refractivity contribution in [2.45, 2.75) is 101 Å². The Morgan fingerprint density at radius 2 is 1.70 bits per heavy atom. The lowest BCUT2D eigenvalue weighted by Crippen LogP contribution is -2.58. The van der Waals surface area contributed by atoms with Crippen molar-refractivity contribution in [3.8, 4) is 0 Å². The fourth-order valence-electron chi connectivity index (χ4n) is 8.58. The van der Waals surface area contributed by atoms with E-state index in [0.29, 0.717) is 26.2 Å². The van der Waals surface area contributed by atoms with Crippen LogP contribution in [0.15, 0.2) is 0 Å². The number of ether oxygens (including phenoxy) is 3. The molecule has 4 saturated carbocycles. The standard InChI is InChI=1S/C26H33F2NO10S/c1-10(26(27,28)40(34,35)36)37-22(32)15-14-18-16(29(21(14)31)24(2,3)4)20(19(15)38-18)39-23(33)25-7-11-5-12(8-25)17(30)13(6-11)9-25/h10-16,18-20H,5-9H2,1-4H3,(H,34,35,36). The molecule has 14 heteroatoms. The Balaban J connectivity index is 1.29. The van der Waals surface area contributed by atoms with Crippen LogP contribution < -0.4 is 0 Å². The van der Waals surface area contributed by atoms with E-state index in [0.717, 1.165) is 12.8 Å². The Labute approximate surface area is 230 Å². The van der Waals surface area contributed by atoms with E-state index < -0.39 is 86.5 Å². The van der Waals surface area contributed by atoms with Crippen LogP contribution in [-0.4, -0.2) is 82.8 Å². The Morgan fingerprint density at radius 3 is 2.25 bits per heavy atom. The largest absolute Gasteiger partial charge is 0.457 e. The summed E-state index contributed by atoms with van der Waals surface area (Å²) < 4.78 is 76.5. The average molecular weight is 590 g/mol. The van der Waals surface area contributed by atoms with Crippen molar-refractivity contribution in [1.29, 1.82) is 0 Å². The molecular weight excluding hydrogens is 556 g/mol. The molecule has 222 valence electrons. The predicted octanol–water partition coefficient (Wildman–Crippen LogP) is 1.73. The summed E-state index contributed by atoms with van der Waals surface area (Å²) in [4.78, 5) is 54.8. The van der Waals surface area contributed by atoms with Crippen LogP contribution in [0, 0.1) is 35.0 Å². The number of esters is 2. The second-order valence-electron chi connectivity index (χ2n) is 13.5. The third-order valence-corrected chi connectivity index (χ3v) is 11.0. The first-order valence-corrected chi connectivity index (χ1v) is 15.1. The fourth-order valence-corrected chi connectivity index (χ4v) is 9.05. The van der Waals surface area contributed by atoms with E-state index in [1.165, 1.54) is 4.90 Å². The van der Waals surface area contributed by atoms with Gasteiger partial charge in [-0.1, -0.05) is 0 Å². The molecule has 1 amide bonds. The maximum Gasteiger partial charge on any atom is 0.405 e. The number of ketones is 1. The summed E-state index contributed by atoms with van der Waals surface area (Å²) in [5.74, 6) is -4.77. The van der Waals surface area contributed by atoms with Gasteiger partial charge in [0.2, 0.25) is 5.91 Å². The number of Topliss-reactive ketones (excluding diaryl/α,β-unsaturated/α-hetero) is 1. The zero-order chi connectivity index (χ0) is 29.3. The Bertz CT molecular complexity index is 1280. The summed E-state index contributed by atoms with van der Waals surface area (Å²) in [5, 5.41) is -4.79. The number of rotatable bonds is 6. The van der Waals surface area contributed by atoms with E-state index in [-0.39, 0.29) is 23.5 Å². The van der Waals surface area contributed by atoms with Crippen LogP contribution in [0.3, 0.4) is 0 Å². The minimum atomic E-state index is -5.89. The van der Waals surface area contributed by atoms with Gasteiger partial charge in [-0.2, -0.15) is 17.2 Å². The van der Waals surface area contributed by atoms with Gasteiger partial charge in [-0.05, 0) is 65.7 Å². The molecule has 3 aliphatic heterocycles. The number of hydrogen-bond acceptors (Lipinski definition) is 9. The monoisotopic (exact) mass is 589 g/mol. The first-order valence-electron chi connectivity index (χ1n) is 13.7. The summed E-state index contributed by atoms with van der Waals surface area (Å²) in [5.41, 5.74) is -1.61. The van der Waals surface area contributed by atoms with Crippen LogP contribution in [0.1, 0.15) is 59.8 Å². The fraction of sp³-hybridized carbons (Fsp3) is 0.846. The second kappa shape index (κ2) is 8.43. The number of likely N-dealkylation sites (tertiary alicyclic amines) is 1. The SMILES string of the molecule is CC(OC(=O)C1C2OC3C1C(=O)N(C(C)(C)C)C3C2OC(=O)C12CC3CC(C1)C(=O)C(C3)C2)C(F)(F)S(=O)(=O)O. The Morgan fingerprint density at radius 1 is 1.10 bits per heavy atom. The van der Waals surface area contributed by atoms with Gasteiger partial charge in [-0.3, -0.25) is 23.7 Å². The molecule has 0 aromatic rings. The number of amides is 1. The highest BCUT2D eigenvalue weighted by Crippen LogP contribution is 2.60. The highest BCUT2D eigenvalue weighted by molar-refractivity contribution is 7.86. The molecule has 0 spiro atoms. The highest BCUT2D eigenvalue weighted by atomic mass is 32.2. The van der Waals surface area contributed by atoms with Crippen LogP contribution in [0.25, 0.3) is 0 Å². The molecule has 7 rings (SSSR count). The van der Waals surface area contributed by atoms with Crippen LogP contribution >= 0.6 is 0 Å². The number of carbonyl (C=O) groups is 4. The number of halogens is 2. The van der Waals surface area contributed by atoms with Crippen LogP contribution in [0.4, 0.5) is 8.78 Å². The average Bonchev–Trinajstić information content (AvgIpc) is 3.43. The number of hydrogen-bond donors (Lipinski definition) is 1. The molecule has 0 radical (unpaired) electrons. The molecule has 0 aromatic heterocycles. The molecule has 6 bridgehead atoms. The molecule has 9 unspecified atom stereocenters. The molecule has 3 heterocycles. The van der Waals surface area contributed by atoms with E-state index in [1.807, 2.05) is 0 Å². The first-order chi connectivity index (χ1) is 18.4. The van der Waals surface area contributed by atoms with E-state index in [4.69, 9.17) is 18.8 Å². The number of alkyl halides is 2. The van der Waals surface area contributed by atoms with Gasteiger partial charge in [0.1, 0.15) is 17.8 Å². The summed E-state index contributed by atoms with van der Waals surface area (Å²) in [6, 6.07) is -0.720. The van der Waals surface area contributed by atoms with Crippen molar-refractivity contribution in [2.75, 3.05) is 0 Å². The molecule has 3 saturated heterocycles. The van der Waals surface area contributed by atoms with Gasteiger partial charge in [0.15, 0.2) is 12.2 Å². The van der Waals surface area contributed by atoms with Gasteiger partial charge in [0.05, 0.1) is 23.5 Å². The van der Waals surface area contributed by atoms with Crippen molar-refractivity contribution < 1.29 is 55.1 Å². The van der Waals surface area contributed by atoms with Crippen molar-refractivity contribution in [2.24, 2.45) is 35.0 Å². The predicted molar refractivity (Wildman–Crippen MR) is 129 cm³/mol. The van der Waals surface area contributed by atoms with Crippen molar-refractivity contribution in [3.63, 3.8) is 0 Å². The Kier molecular flexibility index (Phi) is 5.89. The molecular formula is C26H33F2NO10S. The first kappa shape index (κ1) is 28.0. The normalized spacial score (nSPS) is 42.5. The van der Waals surface area contributed by atoms with Crippen molar-refractivity contribution >= 4 is 33.7 Å². The molecule has 11 nitrogen and oxygen atoms in total. The summed E-state index contributed by atoms with van der Waals surface area (Å²) in [6.07, 6.45) is -2.82. The maximum absolute atomic E-state index is 14.2. The van der Waals surface area contributed by atoms with Crippen LogP contribution in [0.2, 0.25) is 0 Å². The summed E-state index contributed by atoms with van der Waals surface area (Å²) >= 11 is 0. The molecule has 7 fully saturated rings. The summed E-state index contributed by atoms with van der Waals surface area (Å²) in [6.45, 7) is 5.93. The third kappa shape index (κ3) is 3.73. The zero-order valence-electron chi connectivity index (χ0n) is 22.5. The number of fused-ring (bicyclic) bond motifs is 1. The molecule has 9 atom stereocenters. The van der Waals surface area contributed by atoms with Gasteiger partial charge < -0.3 is 19.1 Å². The van der Waals surface area contributed by atoms with Gasteiger partial charge in [0, 0.05) is 17.4 Å². The minimum Gasteiger partial charge on any atom is -0.457 e. The molecule has 0 aromatic carbocycles. The second-order valence-corrected chi connectivity index (χ2v) is 15.0. The van der Waals surface area contributed by atoms with Crippen LogP contribution in [-0.2, 0) is 43.5 Å². The lowest BCUT2D eigenvalue weighted by Gasteiger charge is -2.54. The smallest absolute Gasteiger partial charge is 0.405 e. The molecule has 1 N–H and O–H groups in total. The maximum atomic E-state index is 14.2. The Hall–Kier alpha value is -2.19. The van der Waals surface area contributed by atoms with Crippen molar-refractivity contribution in [1.82, 2.24) is 4.90 Å². The van der Waals surface area contributed by atoms with Crippen LogP contribution in [0.5, 0.6) is 0 Å². The zero-order valence-corrected chi connectivity index (χ0v) is 23.4. The summed E-state index contributed by atoms with van der Waals surface area (Å²) in [7, 11) is -5.89. The van der Waals surface area contributed by atoms with Crippen molar-refractivity contribution in [3.05, 3.63) is 0 Å². The molecule has 4 aliphatic carbocycles. The van der Waals surface area contributed by atoms with Gasteiger partial charge in [-0.25, -0.2) is 0 Å². The lowest BCUT2D eigenvalue weighted by molar-refractivity contribution is -0.186. The number of nitrogens with zero attached hydrogens (tertiary/aromatic N) is 1. The van der Waals surface area contributed by atoms with Gasteiger partial charge in [-0.15, -0.1) is 0 Å². The quantitative estimate of drug-likeness (QED) is 0.358. The van der Waals surface area contributed by atoms with E-state index >= 15 is 0 Å². The van der Waals surface area contributed by atoms with Gasteiger partial charge in [0.25, 0.3) is 0 Å². The highest BCUT2D eigenvalue weighted by Gasteiger charge is 2.74.